The number of hydrogen-bond acceptors (Lipinski definition) is 5. The summed E-state index contributed by atoms with van der Waals surface area (Å²) < 4.78 is 46.7. The van der Waals surface area contributed by atoms with Crippen molar-refractivity contribution in [2.45, 2.75) is 25.0 Å². The normalized spacial score (nSPS) is 14.2. The van der Waals surface area contributed by atoms with Crippen molar-refractivity contribution in [3.05, 3.63) is 69.1 Å². The van der Waals surface area contributed by atoms with Gasteiger partial charge < -0.3 is 5.11 Å². The highest BCUT2D eigenvalue weighted by Gasteiger charge is 2.57. The third kappa shape index (κ3) is 3.30. The van der Waals surface area contributed by atoms with Gasteiger partial charge >= 0.3 is 5.92 Å². The second-order valence-electron chi connectivity index (χ2n) is 5.79. The molecule has 3 aromatic rings. The summed E-state index contributed by atoms with van der Waals surface area (Å²) in [5.74, 6) is -4.87. The van der Waals surface area contributed by atoms with Gasteiger partial charge in [0.1, 0.15) is 17.8 Å². The maximum Gasteiger partial charge on any atom is 0.323 e. The van der Waals surface area contributed by atoms with Gasteiger partial charge in [0.05, 0.1) is 6.54 Å². The van der Waals surface area contributed by atoms with E-state index in [1.807, 2.05) is 22.6 Å². The van der Waals surface area contributed by atoms with Crippen LogP contribution in [0.4, 0.5) is 13.2 Å². The lowest BCUT2D eigenvalue weighted by molar-refractivity contribution is -0.207. The maximum absolute atomic E-state index is 15.3. The topological polar surface area (TPSA) is 76.7 Å². The van der Waals surface area contributed by atoms with Crippen molar-refractivity contribution < 1.29 is 18.3 Å². The molecule has 10 heteroatoms. The summed E-state index contributed by atoms with van der Waals surface area (Å²) in [6, 6.07) is 6.19. The van der Waals surface area contributed by atoms with E-state index in [1.54, 1.807) is 6.92 Å². The molecule has 2 aromatic heterocycles. The monoisotopic (exact) mass is 475 g/mol. The minimum Gasteiger partial charge on any atom is -0.377 e. The molecule has 1 aromatic carbocycles. The Morgan fingerprint density at radius 1 is 1.23 bits per heavy atom. The van der Waals surface area contributed by atoms with E-state index in [1.165, 1.54) is 18.3 Å². The average Bonchev–Trinajstić information content (AvgIpc) is 3.07. The van der Waals surface area contributed by atoms with Gasteiger partial charge in [0.15, 0.2) is 5.60 Å². The summed E-state index contributed by atoms with van der Waals surface area (Å²) in [7, 11) is 0. The standard InChI is InChI=1S/C16H13F3IN5O/c1-10-2-4-12(13(17)6-10)15(26,8-25-9-22-23-24-25)16(18,19)14-5-3-11(20)7-21-14/h2-7,9,26H,8H2,1H3. The van der Waals surface area contributed by atoms with Crippen molar-refractivity contribution in [2.75, 3.05) is 0 Å². The van der Waals surface area contributed by atoms with Gasteiger partial charge in [-0.3, -0.25) is 4.98 Å². The van der Waals surface area contributed by atoms with Crippen LogP contribution >= 0.6 is 22.6 Å². The first-order valence-electron chi connectivity index (χ1n) is 7.43. The molecule has 3 rings (SSSR count). The molecule has 0 amide bonds. The molecule has 0 aliphatic heterocycles. The number of alkyl halides is 2. The molecule has 0 fully saturated rings. The summed E-state index contributed by atoms with van der Waals surface area (Å²) in [5, 5.41) is 21.3. The molecule has 0 radical (unpaired) electrons. The van der Waals surface area contributed by atoms with Crippen LogP contribution in [-0.4, -0.2) is 30.3 Å². The molecule has 0 saturated carbocycles. The number of aliphatic hydroxyl groups is 1. The predicted octanol–water partition coefficient (Wildman–Crippen LogP) is 2.80. The van der Waals surface area contributed by atoms with Crippen LogP contribution in [0.25, 0.3) is 0 Å². The number of tetrazole rings is 1. The van der Waals surface area contributed by atoms with Crippen LogP contribution < -0.4 is 0 Å². The van der Waals surface area contributed by atoms with E-state index in [0.29, 0.717) is 9.13 Å². The summed E-state index contributed by atoms with van der Waals surface area (Å²) in [5.41, 5.74) is -3.68. The Labute approximate surface area is 160 Å². The fourth-order valence-corrected chi connectivity index (χ4v) is 2.89. The molecule has 26 heavy (non-hydrogen) atoms. The lowest BCUT2D eigenvalue weighted by Crippen LogP contribution is -2.48. The first-order valence-corrected chi connectivity index (χ1v) is 8.51. The molecule has 0 aliphatic rings. The highest BCUT2D eigenvalue weighted by molar-refractivity contribution is 14.1. The van der Waals surface area contributed by atoms with E-state index in [4.69, 9.17) is 0 Å². The van der Waals surface area contributed by atoms with Crippen molar-refractivity contribution in [1.29, 1.82) is 0 Å². The van der Waals surface area contributed by atoms with Crippen LogP contribution in [0.5, 0.6) is 0 Å². The second-order valence-corrected chi connectivity index (χ2v) is 7.03. The highest BCUT2D eigenvalue weighted by atomic mass is 127. The predicted molar refractivity (Wildman–Crippen MR) is 93.7 cm³/mol. The van der Waals surface area contributed by atoms with Crippen LogP contribution in [0.3, 0.4) is 0 Å². The highest BCUT2D eigenvalue weighted by Crippen LogP contribution is 2.46. The van der Waals surface area contributed by atoms with Gasteiger partial charge in [-0.05, 0) is 63.7 Å². The number of pyridine rings is 1. The zero-order valence-corrected chi connectivity index (χ0v) is 15.6. The average molecular weight is 475 g/mol. The van der Waals surface area contributed by atoms with Crippen LogP contribution in [0.1, 0.15) is 16.8 Å². The van der Waals surface area contributed by atoms with Gasteiger partial charge in [-0.2, -0.15) is 8.78 Å². The largest absolute Gasteiger partial charge is 0.377 e. The Kier molecular flexibility index (Phi) is 4.97. The van der Waals surface area contributed by atoms with Gasteiger partial charge in [-0.1, -0.05) is 12.1 Å². The number of aromatic nitrogens is 5. The molecule has 6 nitrogen and oxygen atoms in total. The minimum atomic E-state index is -3.92. The molecule has 136 valence electrons. The van der Waals surface area contributed by atoms with Crippen molar-refractivity contribution in [3.8, 4) is 0 Å². The fourth-order valence-electron chi connectivity index (χ4n) is 2.57. The Hall–Kier alpha value is -2.08. The van der Waals surface area contributed by atoms with Crippen LogP contribution in [0.15, 0.2) is 42.9 Å². The first-order chi connectivity index (χ1) is 12.2. The van der Waals surface area contributed by atoms with Crippen molar-refractivity contribution in [1.82, 2.24) is 25.2 Å². The van der Waals surface area contributed by atoms with E-state index < -0.39 is 35.1 Å². The van der Waals surface area contributed by atoms with Crippen LogP contribution in [0.2, 0.25) is 0 Å². The molecule has 0 spiro atoms. The van der Waals surface area contributed by atoms with Crippen molar-refractivity contribution in [3.63, 3.8) is 0 Å². The number of hydrogen-bond donors (Lipinski definition) is 1. The molecule has 0 aliphatic carbocycles. The van der Waals surface area contributed by atoms with Crippen molar-refractivity contribution >= 4 is 22.6 Å². The minimum absolute atomic E-state index is 0.534. The van der Waals surface area contributed by atoms with E-state index in [2.05, 4.69) is 20.5 Å². The van der Waals surface area contributed by atoms with Crippen LogP contribution in [0, 0.1) is 16.3 Å². The molecular weight excluding hydrogens is 462 g/mol. The molecule has 2 heterocycles. The maximum atomic E-state index is 15.3. The van der Waals surface area contributed by atoms with Crippen LogP contribution in [-0.2, 0) is 18.1 Å². The van der Waals surface area contributed by atoms with Crippen molar-refractivity contribution in [2.24, 2.45) is 0 Å². The summed E-state index contributed by atoms with van der Waals surface area (Å²) in [6.07, 6.45) is 2.31. The third-order valence-electron chi connectivity index (χ3n) is 3.92. The lowest BCUT2D eigenvalue weighted by Gasteiger charge is -2.35. The zero-order valence-electron chi connectivity index (χ0n) is 13.4. The summed E-state index contributed by atoms with van der Waals surface area (Å²) >= 11 is 1.92. The zero-order chi connectivity index (χ0) is 18.9. The fraction of sp³-hybridized carbons (Fsp3) is 0.250. The van der Waals surface area contributed by atoms with E-state index in [9.17, 15) is 9.50 Å². The number of rotatable bonds is 5. The Balaban J connectivity index is 2.17. The van der Waals surface area contributed by atoms with Gasteiger partial charge in [-0.25, -0.2) is 9.07 Å². The SMILES string of the molecule is Cc1ccc(C(O)(Cn2cnnn2)C(F)(F)c2ccc(I)cn2)c(F)c1. The molecule has 0 saturated heterocycles. The number of nitrogens with zero attached hydrogens (tertiary/aromatic N) is 5. The van der Waals surface area contributed by atoms with E-state index in [-0.39, 0.29) is 0 Å². The summed E-state index contributed by atoms with van der Waals surface area (Å²) in [4.78, 5) is 3.72. The molecule has 1 N–H and O–H groups in total. The molecule has 1 unspecified atom stereocenters. The van der Waals surface area contributed by atoms with Gasteiger partial charge in [-0.15, -0.1) is 5.10 Å². The smallest absolute Gasteiger partial charge is 0.323 e. The molecular formula is C16H13F3IN5O. The Bertz CT molecular complexity index is 905. The van der Waals surface area contributed by atoms with Gasteiger partial charge in [0.25, 0.3) is 0 Å². The Morgan fingerprint density at radius 3 is 2.58 bits per heavy atom. The quantitative estimate of drug-likeness (QED) is 0.575. The first kappa shape index (κ1) is 18.7. The number of benzene rings is 1. The van der Waals surface area contributed by atoms with E-state index in [0.717, 1.165) is 29.2 Å². The third-order valence-corrected chi connectivity index (χ3v) is 4.56. The van der Waals surface area contributed by atoms with Gasteiger partial charge in [0, 0.05) is 15.3 Å². The lowest BCUT2D eigenvalue weighted by atomic mass is 9.84. The number of aryl methyl sites for hydroxylation is 1. The Morgan fingerprint density at radius 2 is 2.00 bits per heavy atom. The number of halogens is 4. The second kappa shape index (κ2) is 6.91. The van der Waals surface area contributed by atoms with E-state index >= 15 is 8.78 Å². The van der Waals surface area contributed by atoms with Gasteiger partial charge in [0.2, 0.25) is 0 Å². The molecule has 1 atom stereocenters. The molecule has 0 bridgehead atoms. The summed E-state index contributed by atoms with van der Waals surface area (Å²) in [6.45, 7) is 0.854.